The lowest BCUT2D eigenvalue weighted by Gasteiger charge is -2.13. The molecule has 0 bridgehead atoms. The molecule has 92 valence electrons. The number of alkyl halides is 5. The van der Waals surface area contributed by atoms with Crippen LogP contribution in [-0.2, 0) is 12.6 Å². The number of nitriles is 1. The Bertz CT molecular complexity index is 464. The maximum absolute atomic E-state index is 12.5. The molecular formula is C9H4BrF5N2. The van der Waals surface area contributed by atoms with Gasteiger partial charge in [0.1, 0.15) is 4.60 Å². The van der Waals surface area contributed by atoms with Gasteiger partial charge >= 0.3 is 6.18 Å². The summed E-state index contributed by atoms with van der Waals surface area (Å²) in [6.07, 6.45) is -8.49. The van der Waals surface area contributed by atoms with Crippen LogP contribution in [0.4, 0.5) is 22.0 Å². The standard InChI is InChI=1S/C9H4BrF5N2/c10-7-4(8(11)12)3-5(9(13,14)15)6(17-7)1-2-16/h3,8H,1H2. The minimum atomic E-state index is -4.82. The number of halogens is 6. The Kier molecular flexibility index (Phi) is 4.03. The second-order valence-corrected chi connectivity index (χ2v) is 3.75. The van der Waals surface area contributed by atoms with Gasteiger partial charge in [0.15, 0.2) is 0 Å². The van der Waals surface area contributed by atoms with Crippen LogP contribution < -0.4 is 0 Å². The lowest BCUT2D eigenvalue weighted by Crippen LogP contribution is -2.12. The molecule has 0 saturated heterocycles. The third-order valence-electron chi connectivity index (χ3n) is 1.87. The van der Waals surface area contributed by atoms with Gasteiger partial charge in [0.05, 0.1) is 29.3 Å². The summed E-state index contributed by atoms with van der Waals surface area (Å²) in [5.74, 6) is 0. The Balaban J connectivity index is 3.43. The van der Waals surface area contributed by atoms with E-state index in [1.807, 2.05) is 0 Å². The van der Waals surface area contributed by atoms with Crippen molar-refractivity contribution in [1.29, 1.82) is 5.26 Å². The molecule has 0 unspecified atom stereocenters. The third kappa shape index (κ3) is 3.12. The number of hydrogen-bond donors (Lipinski definition) is 0. The van der Waals surface area contributed by atoms with Crippen LogP contribution in [0.5, 0.6) is 0 Å². The van der Waals surface area contributed by atoms with Crippen LogP contribution in [0.3, 0.4) is 0 Å². The Morgan fingerprint density at radius 2 is 2.00 bits per heavy atom. The Morgan fingerprint density at radius 3 is 2.41 bits per heavy atom. The number of hydrogen-bond acceptors (Lipinski definition) is 2. The highest BCUT2D eigenvalue weighted by Gasteiger charge is 2.35. The molecule has 1 heterocycles. The molecular weight excluding hydrogens is 311 g/mol. The van der Waals surface area contributed by atoms with E-state index in [4.69, 9.17) is 5.26 Å². The van der Waals surface area contributed by atoms with Crippen molar-refractivity contribution in [2.75, 3.05) is 0 Å². The molecule has 0 aromatic carbocycles. The van der Waals surface area contributed by atoms with E-state index in [0.29, 0.717) is 6.07 Å². The summed E-state index contributed by atoms with van der Waals surface area (Å²) in [4.78, 5) is 3.34. The van der Waals surface area contributed by atoms with Crippen LogP contribution in [0, 0.1) is 11.3 Å². The molecule has 0 fully saturated rings. The van der Waals surface area contributed by atoms with Crippen molar-refractivity contribution in [3.8, 4) is 6.07 Å². The molecule has 0 saturated carbocycles. The number of rotatable bonds is 2. The number of pyridine rings is 1. The molecule has 2 nitrogen and oxygen atoms in total. The molecule has 1 aromatic rings. The summed E-state index contributed by atoms with van der Waals surface area (Å²) < 4.78 is 62.1. The topological polar surface area (TPSA) is 36.7 Å². The normalized spacial score (nSPS) is 11.6. The zero-order valence-electron chi connectivity index (χ0n) is 8.02. The van der Waals surface area contributed by atoms with Crippen molar-refractivity contribution in [2.45, 2.75) is 19.0 Å². The summed E-state index contributed by atoms with van der Waals surface area (Å²) in [6, 6.07) is 1.82. The van der Waals surface area contributed by atoms with Gasteiger partial charge in [0.25, 0.3) is 6.43 Å². The first-order chi connectivity index (χ1) is 7.77. The van der Waals surface area contributed by atoms with Crippen molar-refractivity contribution < 1.29 is 22.0 Å². The largest absolute Gasteiger partial charge is 0.418 e. The Morgan fingerprint density at radius 1 is 1.41 bits per heavy atom. The van der Waals surface area contributed by atoms with Gasteiger partial charge in [0.2, 0.25) is 0 Å². The van der Waals surface area contributed by atoms with Crippen molar-refractivity contribution in [1.82, 2.24) is 4.98 Å². The second kappa shape index (κ2) is 4.96. The molecule has 0 aliphatic heterocycles. The third-order valence-corrected chi connectivity index (χ3v) is 2.50. The maximum Gasteiger partial charge on any atom is 0.418 e. The summed E-state index contributed by atoms with van der Waals surface area (Å²) in [6.45, 7) is 0. The molecule has 17 heavy (non-hydrogen) atoms. The van der Waals surface area contributed by atoms with Crippen LogP contribution in [0.1, 0.15) is 23.2 Å². The van der Waals surface area contributed by atoms with Crippen molar-refractivity contribution in [3.05, 3.63) is 27.5 Å². The first kappa shape index (κ1) is 13.8. The fourth-order valence-electron chi connectivity index (χ4n) is 1.15. The van der Waals surface area contributed by atoms with E-state index in [-0.39, 0.29) is 4.60 Å². The summed E-state index contributed by atoms with van der Waals surface area (Å²) in [5, 5.41) is 8.36. The molecule has 0 spiro atoms. The molecule has 0 amide bonds. The van der Waals surface area contributed by atoms with E-state index in [1.165, 1.54) is 6.07 Å². The average molecular weight is 315 g/mol. The first-order valence-corrected chi connectivity index (χ1v) is 4.98. The van der Waals surface area contributed by atoms with Gasteiger partial charge in [-0.15, -0.1) is 0 Å². The highest BCUT2D eigenvalue weighted by atomic mass is 79.9. The van der Waals surface area contributed by atoms with E-state index >= 15 is 0 Å². The summed E-state index contributed by atoms with van der Waals surface area (Å²) in [7, 11) is 0. The minimum absolute atomic E-state index is 0.314. The fourth-order valence-corrected chi connectivity index (χ4v) is 1.65. The van der Waals surface area contributed by atoms with E-state index in [0.717, 1.165) is 0 Å². The van der Waals surface area contributed by atoms with Gasteiger partial charge in [-0.1, -0.05) is 0 Å². The average Bonchev–Trinajstić information content (AvgIpc) is 2.15. The second-order valence-electron chi connectivity index (χ2n) is 3.00. The summed E-state index contributed by atoms with van der Waals surface area (Å²) in [5.41, 5.74) is -2.73. The lowest BCUT2D eigenvalue weighted by molar-refractivity contribution is -0.138. The van der Waals surface area contributed by atoms with Crippen LogP contribution in [-0.4, -0.2) is 4.98 Å². The smallest absolute Gasteiger partial charge is 0.244 e. The molecule has 1 rings (SSSR count). The van der Waals surface area contributed by atoms with Crippen molar-refractivity contribution >= 4 is 15.9 Å². The van der Waals surface area contributed by atoms with Gasteiger partial charge in [0, 0.05) is 0 Å². The van der Waals surface area contributed by atoms with E-state index in [2.05, 4.69) is 20.9 Å². The zero-order chi connectivity index (χ0) is 13.2. The molecule has 0 N–H and O–H groups in total. The lowest BCUT2D eigenvalue weighted by atomic mass is 10.1. The van der Waals surface area contributed by atoms with Gasteiger partial charge in [-0.05, 0) is 22.0 Å². The van der Waals surface area contributed by atoms with Crippen LogP contribution in [0.2, 0.25) is 0 Å². The molecule has 0 atom stereocenters. The Labute approximate surface area is 101 Å². The number of aromatic nitrogens is 1. The molecule has 0 radical (unpaired) electrons. The quantitative estimate of drug-likeness (QED) is 0.614. The van der Waals surface area contributed by atoms with Gasteiger partial charge in [-0.25, -0.2) is 13.8 Å². The molecule has 1 aromatic heterocycles. The molecule has 0 aliphatic carbocycles. The first-order valence-electron chi connectivity index (χ1n) is 4.19. The highest BCUT2D eigenvalue weighted by Crippen LogP contribution is 2.36. The van der Waals surface area contributed by atoms with Gasteiger partial charge in [-0.2, -0.15) is 18.4 Å². The highest BCUT2D eigenvalue weighted by molar-refractivity contribution is 9.10. The van der Waals surface area contributed by atoms with E-state index < -0.39 is 35.8 Å². The summed E-state index contributed by atoms with van der Waals surface area (Å²) >= 11 is 2.65. The van der Waals surface area contributed by atoms with E-state index in [9.17, 15) is 22.0 Å². The van der Waals surface area contributed by atoms with Gasteiger partial charge in [-0.3, -0.25) is 0 Å². The Hall–Kier alpha value is -1.23. The number of nitrogens with zero attached hydrogens (tertiary/aromatic N) is 2. The van der Waals surface area contributed by atoms with Crippen LogP contribution >= 0.6 is 15.9 Å². The van der Waals surface area contributed by atoms with Crippen LogP contribution in [0.15, 0.2) is 10.7 Å². The fraction of sp³-hybridized carbons (Fsp3) is 0.333. The van der Waals surface area contributed by atoms with Gasteiger partial charge < -0.3 is 0 Å². The predicted octanol–water partition coefficient (Wildman–Crippen LogP) is 3.87. The molecule has 0 aliphatic rings. The van der Waals surface area contributed by atoms with Crippen molar-refractivity contribution in [3.63, 3.8) is 0 Å². The monoisotopic (exact) mass is 314 g/mol. The predicted molar refractivity (Wildman–Crippen MR) is 51.2 cm³/mol. The van der Waals surface area contributed by atoms with E-state index in [1.54, 1.807) is 0 Å². The molecule has 8 heteroatoms. The van der Waals surface area contributed by atoms with Crippen LogP contribution in [0.25, 0.3) is 0 Å². The zero-order valence-corrected chi connectivity index (χ0v) is 9.61. The minimum Gasteiger partial charge on any atom is -0.244 e. The SMILES string of the molecule is N#CCc1nc(Br)c(C(F)F)cc1C(F)(F)F. The maximum atomic E-state index is 12.5. The van der Waals surface area contributed by atoms with Crippen molar-refractivity contribution in [2.24, 2.45) is 0 Å².